The van der Waals surface area contributed by atoms with Crippen molar-refractivity contribution in [3.8, 4) is 22.8 Å². The van der Waals surface area contributed by atoms with Gasteiger partial charge >= 0.3 is 12.4 Å². The van der Waals surface area contributed by atoms with Crippen LogP contribution < -0.4 is 42.1 Å². The van der Waals surface area contributed by atoms with Gasteiger partial charge in [-0.05, 0) is 25.4 Å². The second-order valence-electron chi connectivity index (χ2n) is 16.5. The van der Waals surface area contributed by atoms with Crippen LogP contribution >= 0.6 is 11.6 Å². The Morgan fingerprint density at radius 1 is 0.609 bits per heavy atom. The van der Waals surface area contributed by atoms with E-state index in [0.29, 0.717) is 107 Å². The van der Waals surface area contributed by atoms with Crippen molar-refractivity contribution < 1.29 is 35.8 Å². The van der Waals surface area contributed by atoms with E-state index in [1.54, 1.807) is 0 Å². The molecule has 0 unspecified atom stereocenters. The first kappa shape index (κ1) is 49.4. The number of hydrogen-bond acceptors (Lipinski definition) is 20. The van der Waals surface area contributed by atoms with Gasteiger partial charge < -0.3 is 51.6 Å². The van der Waals surface area contributed by atoms with Gasteiger partial charge in [0.05, 0.1) is 37.6 Å². The predicted octanol–water partition coefficient (Wildman–Crippen LogP) is 2.55. The lowest BCUT2D eigenvalue weighted by Crippen LogP contribution is -2.50. The molecule has 6 aromatic rings. The van der Waals surface area contributed by atoms with Crippen molar-refractivity contribution in [1.82, 2.24) is 74.9 Å². The molecule has 29 heteroatoms. The van der Waals surface area contributed by atoms with Crippen molar-refractivity contribution in [3.05, 3.63) is 30.1 Å². The van der Waals surface area contributed by atoms with Crippen LogP contribution in [0.3, 0.4) is 0 Å². The van der Waals surface area contributed by atoms with Crippen molar-refractivity contribution in [1.29, 1.82) is 0 Å². The van der Waals surface area contributed by atoms with Gasteiger partial charge in [0, 0.05) is 102 Å². The highest BCUT2D eigenvalue weighted by Gasteiger charge is 2.35. The van der Waals surface area contributed by atoms with Crippen molar-refractivity contribution >= 4 is 63.4 Å². The Bertz CT molecular complexity index is 2650. The summed E-state index contributed by atoms with van der Waals surface area (Å²) in [6.45, 7) is 10.7. The van der Waals surface area contributed by atoms with Gasteiger partial charge in [-0.15, -0.1) is 0 Å². The van der Waals surface area contributed by atoms with E-state index < -0.39 is 25.4 Å². The number of nitrogen functional groups attached to an aromatic ring is 2. The molecule has 0 bridgehead atoms. The fourth-order valence-corrected chi connectivity index (χ4v) is 8.11. The highest BCUT2D eigenvalue weighted by atomic mass is 35.5. The Kier molecular flexibility index (Phi) is 15.2. The standard InChI is InChI=1S/C20H25F3N10O.C15H14ClF3N8O.C5H12N2/c1-12-10-32(3-2-25-12)19-28-14-16(31-4-6-34-7-5-31)29-15(13-8-26-18(24)27-9-13)30-17(14)33(19)11-20(21,22)23;16-13-23-9-11(26-1-3-28-4-2-26)24-10(8-5-21-14(20)22-6-8)25-12(9)27(13)7-15(17,18)19;1-5-4-6-2-3-7-5/h8-9,12,25H,2-7,10-11H2,1H3,(H2,24,26,27);5-6H,1-4,7H2,(H2,20,21,22);5-7H,2-4H2,1H3/t12-;;5-/m1.1/s1. The average Bonchev–Trinajstić information content (AvgIpc) is 3.84. The summed E-state index contributed by atoms with van der Waals surface area (Å²) in [5.74, 6) is 1.56. The van der Waals surface area contributed by atoms with E-state index in [2.05, 4.69) is 72.7 Å². The van der Waals surface area contributed by atoms with Crippen LogP contribution in [-0.4, -0.2) is 175 Å². The lowest BCUT2D eigenvalue weighted by Gasteiger charge is -2.33. The van der Waals surface area contributed by atoms with E-state index in [1.165, 1.54) is 24.8 Å². The quantitative estimate of drug-likeness (QED) is 0.114. The number of alkyl halides is 6. The van der Waals surface area contributed by atoms with E-state index in [4.69, 9.17) is 32.5 Å². The Morgan fingerprint density at radius 2 is 1.09 bits per heavy atom. The number of nitrogens with two attached hydrogens (primary N) is 2. The molecule has 0 aliphatic carbocycles. The van der Waals surface area contributed by atoms with E-state index >= 15 is 0 Å². The molecule has 2 atom stereocenters. The van der Waals surface area contributed by atoms with Gasteiger partial charge in [-0.1, -0.05) is 0 Å². The molecule has 4 fully saturated rings. The van der Waals surface area contributed by atoms with Crippen molar-refractivity contribution in [2.75, 3.05) is 118 Å². The molecule has 0 saturated carbocycles. The number of rotatable bonds is 7. The molecule has 6 aromatic heterocycles. The average molecular weight is 993 g/mol. The Morgan fingerprint density at radius 3 is 1.54 bits per heavy atom. The molecule has 69 heavy (non-hydrogen) atoms. The molecule has 4 aliphatic heterocycles. The monoisotopic (exact) mass is 992 g/mol. The minimum absolute atomic E-state index is 0.0226. The summed E-state index contributed by atoms with van der Waals surface area (Å²) in [5.41, 5.74) is 12.6. The maximum absolute atomic E-state index is 13.7. The zero-order valence-corrected chi connectivity index (χ0v) is 38.4. The highest BCUT2D eigenvalue weighted by Crippen LogP contribution is 2.35. The van der Waals surface area contributed by atoms with Crippen LogP contribution in [0.15, 0.2) is 24.8 Å². The number of morpholine rings is 2. The summed E-state index contributed by atoms with van der Waals surface area (Å²) in [7, 11) is 0. The number of aromatic nitrogens is 12. The van der Waals surface area contributed by atoms with Crippen LogP contribution in [0.4, 0.5) is 55.8 Å². The number of halogens is 7. The van der Waals surface area contributed by atoms with Crippen LogP contribution in [-0.2, 0) is 22.6 Å². The SMILES string of the molecule is C[C@@H]1CN(c2nc3c(N4CCOCC4)nc(-c4cnc(N)nc4)nc3n2CC(F)(F)F)CCN1.C[C@@H]1CNCCN1.Nc1ncc(-c2nc(N3CCOCC3)c3nc(Cl)n(CC(F)(F)F)c3n2)cn1. The lowest BCUT2D eigenvalue weighted by atomic mass is 10.2. The van der Waals surface area contributed by atoms with Gasteiger partial charge in [-0.2, -0.15) is 26.3 Å². The summed E-state index contributed by atoms with van der Waals surface area (Å²) >= 11 is 6.00. The topological polar surface area (TPSA) is 255 Å². The Labute approximate surface area is 395 Å². The number of hydrogen-bond donors (Lipinski definition) is 5. The van der Waals surface area contributed by atoms with Crippen molar-refractivity contribution in [2.24, 2.45) is 0 Å². The fraction of sp³-hybridized carbons (Fsp3) is 0.550. The van der Waals surface area contributed by atoms with E-state index in [9.17, 15) is 26.3 Å². The van der Waals surface area contributed by atoms with Crippen molar-refractivity contribution in [2.45, 2.75) is 51.4 Å². The van der Waals surface area contributed by atoms with E-state index in [1.807, 2.05) is 21.6 Å². The van der Waals surface area contributed by atoms with Gasteiger partial charge in [-0.3, -0.25) is 9.13 Å². The Hall–Kier alpha value is -6.07. The first-order valence-electron chi connectivity index (χ1n) is 22.1. The molecule has 4 aliphatic rings. The molecule has 372 valence electrons. The highest BCUT2D eigenvalue weighted by molar-refractivity contribution is 6.29. The molecule has 0 spiro atoms. The van der Waals surface area contributed by atoms with Gasteiger partial charge in [0.15, 0.2) is 45.6 Å². The number of ether oxygens (including phenoxy) is 2. The number of nitrogens with zero attached hydrogens (tertiary/aromatic N) is 15. The lowest BCUT2D eigenvalue weighted by molar-refractivity contribution is -0.140. The van der Waals surface area contributed by atoms with Gasteiger partial charge in [0.25, 0.3) is 0 Å². The molecule has 10 rings (SSSR count). The third-order valence-electron chi connectivity index (χ3n) is 11.1. The maximum atomic E-state index is 13.7. The number of fused-ring (bicyclic) bond motifs is 2. The Balaban J connectivity index is 0.000000165. The second-order valence-corrected chi connectivity index (χ2v) is 16.8. The molecule has 0 radical (unpaired) electrons. The van der Waals surface area contributed by atoms with Crippen LogP contribution in [0.25, 0.3) is 45.1 Å². The van der Waals surface area contributed by atoms with E-state index in [0.717, 1.165) is 28.8 Å². The van der Waals surface area contributed by atoms with Gasteiger partial charge in [-0.25, -0.2) is 49.8 Å². The summed E-state index contributed by atoms with van der Waals surface area (Å²) in [6, 6.07) is 0.786. The zero-order chi connectivity index (χ0) is 48.9. The first-order valence-corrected chi connectivity index (χ1v) is 22.5. The molecule has 0 amide bonds. The van der Waals surface area contributed by atoms with Crippen LogP contribution in [0, 0.1) is 0 Å². The molecular formula is C40H51ClF6N20O2. The smallest absolute Gasteiger partial charge is 0.378 e. The molecule has 22 nitrogen and oxygen atoms in total. The van der Waals surface area contributed by atoms with Crippen LogP contribution in [0.5, 0.6) is 0 Å². The van der Waals surface area contributed by atoms with Gasteiger partial charge in [0.1, 0.15) is 13.1 Å². The molecular weight excluding hydrogens is 942 g/mol. The predicted molar refractivity (Wildman–Crippen MR) is 245 cm³/mol. The minimum atomic E-state index is -4.49. The minimum Gasteiger partial charge on any atom is -0.378 e. The van der Waals surface area contributed by atoms with E-state index in [-0.39, 0.29) is 57.6 Å². The summed E-state index contributed by atoms with van der Waals surface area (Å²) < 4.78 is 93.0. The van der Waals surface area contributed by atoms with Crippen molar-refractivity contribution in [3.63, 3.8) is 0 Å². The second kappa shape index (κ2) is 21.3. The third kappa shape index (κ3) is 12.4. The number of piperazine rings is 2. The van der Waals surface area contributed by atoms with Crippen LogP contribution in [0.1, 0.15) is 13.8 Å². The van der Waals surface area contributed by atoms with Gasteiger partial charge in [0.2, 0.25) is 23.1 Å². The molecule has 10 heterocycles. The third-order valence-corrected chi connectivity index (χ3v) is 11.4. The fourth-order valence-electron chi connectivity index (χ4n) is 7.89. The first-order chi connectivity index (χ1) is 33.0. The van der Waals surface area contributed by atoms with Crippen LogP contribution in [0.2, 0.25) is 5.28 Å². The number of nitrogens with one attached hydrogen (secondary N) is 3. The summed E-state index contributed by atoms with van der Waals surface area (Å²) in [6.07, 6.45) is -3.24. The zero-order valence-electron chi connectivity index (χ0n) is 37.6. The molecule has 0 aromatic carbocycles. The largest absolute Gasteiger partial charge is 0.406 e. The summed E-state index contributed by atoms with van der Waals surface area (Å²) in [4.78, 5) is 48.2. The molecule has 4 saturated heterocycles. The number of anilines is 5. The summed E-state index contributed by atoms with van der Waals surface area (Å²) in [5, 5.41) is 9.58. The molecule has 7 N–H and O–H groups in total. The number of imidazole rings is 2. The maximum Gasteiger partial charge on any atom is 0.406 e. The normalized spacial score (nSPS) is 19.3.